The second-order valence-corrected chi connectivity index (χ2v) is 13.7. The number of benzene rings is 6. The smallest absolute Gasteiger partial charge is 0.123 e. The van der Waals surface area contributed by atoms with Crippen LogP contribution in [0.2, 0.25) is 0 Å². The van der Waals surface area contributed by atoms with E-state index in [9.17, 15) is 30.6 Å². The highest BCUT2D eigenvalue weighted by Gasteiger charge is 2.54. The lowest BCUT2D eigenvalue weighted by molar-refractivity contribution is -0.0766. The van der Waals surface area contributed by atoms with Gasteiger partial charge in [-0.1, -0.05) is 24.3 Å². The zero-order chi connectivity index (χ0) is 33.5. The Morgan fingerprint density at radius 1 is 0.458 bits per heavy atom. The van der Waals surface area contributed by atoms with Crippen LogP contribution in [0.1, 0.15) is 23.0 Å². The maximum absolute atomic E-state index is 12.3. The summed E-state index contributed by atoms with van der Waals surface area (Å²) in [5.74, 6) is -1.91. The molecule has 2 aliphatic heterocycles. The Labute approximate surface area is 276 Å². The minimum Gasteiger partial charge on any atom is -0.507 e. The summed E-state index contributed by atoms with van der Waals surface area (Å²) in [6, 6.07) is 17.5. The van der Waals surface area contributed by atoms with Gasteiger partial charge in [-0.2, -0.15) is 0 Å². The maximum Gasteiger partial charge on any atom is 0.123 e. The van der Waals surface area contributed by atoms with Crippen LogP contribution in [-0.4, -0.2) is 84.4 Å². The summed E-state index contributed by atoms with van der Waals surface area (Å²) in [6.07, 6.45) is -2.42. The third kappa shape index (κ3) is 3.43. The molecule has 0 atom stereocenters. The number of hydrogen-bond acceptors (Lipinski definition) is 10. The highest BCUT2D eigenvalue weighted by Crippen LogP contribution is 2.61. The number of aromatic hydroxyl groups is 4. The first-order chi connectivity index (χ1) is 23.0. The van der Waals surface area contributed by atoms with Gasteiger partial charge in [-0.05, 0) is 47.5 Å². The van der Waals surface area contributed by atoms with Crippen LogP contribution in [0.3, 0.4) is 0 Å². The first-order valence-electron chi connectivity index (χ1n) is 16.1. The molecule has 48 heavy (non-hydrogen) atoms. The fourth-order valence-corrected chi connectivity index (χ4v) is 9.16. The van der Waals surface area contributed by atoms with Gasteiger partial charge in [0.2, 0.25) is 0 Å². The predicted octanol–water partition coefficient (Wildman–Crippen LogP) is 5.41. The van der Waals surface area contributed by atoms with Crippen LogP contribution in [0.4, 0.5) is 22.7 Å². The first-order valence-corrected chi connectivity index (χ1v) is 16.1. The highest BCUT2D eigenvalue weighted by atomic mass is 16.3. The molecule has 3 aliphatic rings. The molecule has 6 N–H and O–H groups in total. The molecule has 10 nitrogen and oxygen atoms in total. The molecule has 1 aliphatic carbocycles. The fraction of sp³-hybridized carbons (Fsp3) is 0.263. The van der Waals surface area contributed by atoms with Crippen molar-refractivity contribution in [2.24, 2.45) is 0 Å². The summed E-state index contributed by atoms with van der Waals surface area (Å²) in [5, 5.41) is 75.4. The number of rotatable bonds is 2. The Bertz CT molecular complexity index is 2220. The Balaban J connectivity index is 1.35. The van der Waals surface area contributed by atoms with Gasteiger partial charge in [0.25, 0.3) is 0 Å². The summed E-state index contributed by atoms with van der Waals surface area (Å²) in [4.78, 5) is 8.28. The molecule has 1 saturated carbocycles. The largest absolute Gasteiger partial charge is 0.507 e. The molecule has 0 spiro atoms. The van der Waals surface area contributed by atoms with Crippen molar-refractivity contribution in [3.8, 4) is 23.0 Å². The quantitative estimate of drug-likeness (QED) is 0.136. The van der Waals surface area contributed by atoms with E-state index < -0.39 is 24.0 Å². The first kappa shape index (κ1) is 28.9. The maximum atomic E-state index is 12.3. The van der Waals surface area contributed by atoms with E-state index in [1.807, 2.05) is 52.5 Å². The fourth-order valence-electron chi connectivity index (χ4n) is 9.16. The Morgan fingerprint density at radius 2 is 0.833 bits per heavy atom. The van der Waals surface area contributed by atoms with E-state index in [2.05, 4.69) is 19.6 Å². The molecule has 0 bridgehead atoms. The molecule has 0 aromatic heterocycles. The zero-order valence-electron chi connectivity index (χ0n) is 27.0. The van der Waals surface area contributed by atoms with E-state index >= 15 is 0 Å². The van der Waals surface area contributed by atoms with Crippen molar-refractivity contribution in [2.75, 3.05) is 61.1 Å². The number of nitrogens with zero attached hydrogens (tertiary/aromatic N) is 4. The molecule has 6 aromatic carbocycles. The van der Waals surface area contributed by atoms with Gasteiger partial charge < -0.3 is 50.2 Å². The number of fused-ring (bicyclic) bond motifs is 4. The van der Waals surface area contributed by atoms with Gasteiger partial charge in [0.1, 0.15) is 23.0 Å². The van der Waals surface area contributed by atoms with Crippen molar-refractivity contribution in [2.45, 2.75) is 24.0 Å². The predicted molar refractivity (Wildman–Crippen MR) is 190 cm³/mol. The summed E-state index contributed by atoms with van der Waals surface area (Å²) < 4.78 is 0. The summed E-state index contributed by atoms with van der Waals surface area (Å²) in [5.41, 5.74) is 4.39. The number of aliphatic hydroxyl groups is 2. The molecule has 244 valence electrons. The standard InChI is InChI=1S/C38H36N4O6/c1-39-15-41(3)35-17-7-5-9-21(43)25(17)31(29-23(45)13-11-19(39)27(29)35)33-37(47)34(38(33)48)32-26-18(8-6-10-22(26)44)36-28-20(40(2)16-42(36)4)12-14-24(46)30(28)32/h5-14,33-34,37-38,43-48H,15-16H2,1-4H3. The van der Waals surface area contributed by atoms with Gasteiger partial charge in [0.05, 0.1) is 36.9 Å². The van der Waals surface area contributed by atoms with Crippen LogP contribution < -0.4 is 19.6 Å². The molecule has 9 rings (SSSR count). The Morgan fingerprint density at radius 3 is 1.23 bits per heavy atom. The molecule has 2 heterocycles. The van der Waals surface area contributed by atoms with Gasteiger partial charge >= 0.3 is 0 Å². The van der Waals surface area contributed by atoms with Crippen molar-refractivity contribution in [3.63, 3.8) is 0 Å². The number of phenolic OH excluding ortho intramolecular Hbond substituents is 4. The third-order valence-corrected chi connectivity index (χ3v) is 11.0. The number of phenols is 4. The third-order valence-electron chi connectivity index (χ3n) is 11.0. The van der Waals surface area contributed by atoms with Gasteiger partial charge in [-0.25, -0.2) is 0 Å². The summed E-state index contributed by atoms with van der Waals surface area (Å²) in [7, 11) is 7.86. The Hall–Kier alpha value is -5.32. The van der Waals surface area contributed by atoms with Crippen molar-refractivity contribution < 1.29 is 30.6 Å². The molecule has 0 saturated heterocycles. The molecule has 10 heteroatoms. The minimum absolute atomic E-state index is 0.0184. The van der Waals surface area contributed by atoms with Gasteiger partial charge in [-0.3, -0.25) is 0 Å². The van der Waals surface area contributed by atoms with Gasteiger partial charge in [0, 0.05) is 94.5 Å². The Kier molecular flexibility index (Phi) is 5.78. The SMILES string of the molecule is CN1CN(C)c2c3cccc(O)c3c(C3C(O)C(c4c5c(O)cccc5c5c6c(ccc(O)c46)N(C)CN5C)C3O)c3c(O)ccc1c23. The lowest BCUT2D eigenvalue weighted by Crippen LogP contribution is -2.52. The van der Waals surface area contributed by atoms with Crippen molar-refractivity contribution in [1.29, 1.82) is 0 Å². The normalized spacial score (nSPS) is 22.0. The summed E-state index contributed by atoms with van der Waals surface area (Å²) >= 11 is 0. The lowest BCUT2D eigenvalue weighted by Gasteiger charge is -2.49. The van der Waals surface area contributed by atoms with Crippen LogP contribution in [0.25, 0.3) is 43.1 Å². The van der Waals surface area contributed by atoms with E-state index in [4.69, 9.17) is 0 Å². The van der Waals surface area contributed by atoms with Crippen LogP contribution in [0.5, 0.6) is 23.0 Å². The lowest BCUT2D eigenvalue weighted by atomic mass is 9.60. The van der Waals surface area contributed by atoms with Gasteiger partial charge in [0.15, 0.2) is 0 Å². The molecule has 0 radical (unpaired) electrons. The van der Waals surface area contributed by atoms with Crippen molar-refractivity contribution >= 4 is 65.8 Å². The molecular weight excluding hydrogens is 608 g/mol. The van der Waals surface area contributed by atoms with E-state index in [0.29, 0.717) is 46.0 Å². The monoisotopic (exact) mass is 644 g/mol. The molecule has 1 fully saturated rings. The number of aliphatic hydroxyl groups excluding tert-OH is 2. The van der Waals surface area contributed by atoms with Crippen molar-refractivity contribution in [1.82, 2.24) is 0 Å². The topological polar surface area (TPSA) is 134 Å². The minimum atomic E-state index is -1.21. The average Bonchev–Trinajstić information content (AvgIpc) is 3.04. The van der Waals surface area contributed by atoms with E-state index in [1.54, 1.807) is 36.4 Å². The molecule has 6 aromatic rings. The van der Waals surface area contributed by atoms with Crippen LogP contribution in [-0.2, 0) is 0 Å². The van der Waals surface area contributed by atoms with Crippen LogP contribution in [0, 0.1) is 0 Å². The zero-order valence-corrected chi connectivity index (χ0v) is 27.0. The molecule has 0 unspecified atom stereocenters. The van der Waals surface area contributed by atoms with E-state index in [0.717, 1.165) is 44.3 Å². The molecular formula is C38H36N4O6. The second kappa shape index (κ2) is 9.62. The van der Waals surface area contributed by atoms with Gasteiger partial charge in [-0.15, -0.1) is 0 Å². The average molecular weight is 645 g/mol. The molecule has 0 amide bonds. The second-order valence-electron chi connectivity index (χ2n) is 13.7. The van der Waals surface area contributed by atoms with Crippen LogP contribution >= 0.6 is 0 Å². The summed E-state index contributed by atoms with van der Waals surface area (Å²) in [6.45, 7) is 1.17. The number of hydrogen-bond donors (Lipinski definition) is 6. The number of anilines is 4. The van der Waals surface area contributed by atoms with E-state index in [-0.39, 0.29) is 23.0 Å². The highest BCUT2D eigenvalue weighted by molar-refractivity contribution is 6.23. The van der Waals surface area contributed by atoms with E-state index in [1.165, 1.54) is 0 Å². The van der Waals surface area contributed by atoms with Crippen molar-refractivity contribution in [3.05, 3.63) is 71.8 Å². The van der Waals surface area contributed by atoms with Crippen LogP contribution in [0.15, 0.2) is 60.7 Å².